The molecule has 2 aromatic carbocycles. The van der Waals surface area contributed by atoms with Gasteiger partial charge in [0.05, 0.1) is 9.35 Å². The van der Waals surface area contributed by atoms with Gasteiger partial charge >= 0.3 is 6.16 Å². The van der Waals surface area contributed by atoms with Crippen LogP contribution in [0.3, 0.4) is 0 Å². The zero-order chi connectivity index (χ0) is 27.5. The Balaban J connectivity index is 1.83. The molecule has 0 unspecified atom stereocenters. The SMILES string of the molecule is CC(C)[C@H](CC(=O)CI)C(=O)N[C@@H](C)C(=O)Nc1ccc(COC(=O)Oc2ccc([N+](=O)[O-])cc2)cc1. The second-order valence-electron chi connectivity index (χ2n) is 8.54. The summed E-state index contributed by atoms with van der Waals surface area (Å²) < 4.78 is 10.3. The van der Waals surface area contributed by atoms with Crippen LogP contribution in [-0.4, -0.2) is 39.1 Å². The maximum atomic E-state index is 12.6. The molecule has 0 aliphatic heterocycles. The Bertz CT molecular complexity index is 1120. The quantitative estimate of drug-likeness (QED) is 0.0878. The van der Waals surface area contributed by atoms with E-state index in [1.165, 1.54) is 24.3 Å². The highest BCUT2D eigenvalue weighted by molar-refractivity contribution is 14.1. The largest absolute Gasteiger partial charge is 0.514 e. The monoisotopic (exact) mass is 625 g/mol. The Kier molecular flexibility index (Phi) is 11.4. The molecule has 2 rings (SSSR count). The van der Waals surface area contributed by atoms with Crippen molar-refractivity contribution in [2.75, 3.05) is 9.74 Å². The third-order valence-corrected chi connectivity index (χ3v) is 6.17. The van der Waals surface area contributed by atoms with Crippen LogP contribution in [0.4, 0.5) is 16.2 Å². The van der Waals surface area contributed by atoms with Gasteiger partial charge in [0.2, 0.25) is 11.8 Å². The lowest BCUT2D eigenvalue weighted by Crippen LogP contribution is -2.45. The highest BCUT2D eigenvalue weighted by Gasteiger charge is 2.27. The summed E-state index contributed by atoms with van der Waals surface area (Å²) in [6.07, 6.45) is -0.846. The summed E-state index contributed by atoms with van der Waals surface area (Å²) in [5.74, 6) is -1.25. The van der Waals surface area contributed by atoms with Gasteiger partial charge in [0, 0.05) is 30.2 Å². The molecule has 11 nitrogen and oxygen atoms in total. The Labute approximate surface area is 227 Å². The number of amides is 2. The maximum Gasteiger partial charge on any atom is 0.514 e. The number of nitrogens with zero attached hydrogens (tertiary/aromatic N) is 1. The molecule has 0 saturated carbocycles. The van der Waals surface area contributed by atoms with Crippen LogP contribution in [0.1, 0.15) is 32.8 Å². The number of halogens is 1. The topological polar surface area (TPSA) is 154 Å². The summed E-state index contributed by atoms with van der Waals surface area (Å²) in [4.78, 5) is 58.9. The van der Waals surface area contributed by atoms with Crippen molar-refractivity contribution in [3.8, 4) is 5.75 Å². The zero-order valence-electron chi connectivity index (χ0n) is 20.6. The summed E-state index contributed by atoms with van der Waals surface area (Å²) in [5, 5.41) is 16.0. The summed E-state index contributed by atoms with van der Waals surface area (Å²) in [6, 6.07) is 10.7. The third-order valence-electron chi connectivity index (χ3n) is 5.32. The van der Waals surface area contributed by atoms with Gasteiger partial charge in [0.15, 0.2) is 0 Å². The number of anilines is 1. The molecule has 12 heteroatoms. The Morgan fingerprint density at radius 2 is 1.59 bits per heavy atom. The Morgan fingerprint density at radius 3 is 2.14 bits per heavy atom. The number of hydrogen-bond donors (Lipinski definition) is 2. The van der Waals surface area contributed by atoms with Crippen molar-refractivity contribution in [3.63, 3.8) is 0 Å². The average Bonchev–Trinajstić information content (AvgIpc) is 2.86. The Hall–Kier alpha value is -3.55. The van der Waals surface area contributed by atoms with E-state index in [0.717, 1.165) is 0 Å². The number of carbonyl (C=O) groups excluding carboxylic acids is 4. The molecule has 0 bridgehead atoms. The maximum absolute atomic E-state index is 12.6. The van der Waals surface area contributed by atoms with E-state index in [4.69, 9.17) is 9.47 Å². The van der Waals surface area contributed by atoms with E-state index in [2.05, 4.69) is 10.6 Å². The van der Waals surface area contributed by atoms with Gasteiger partial charge in [0.1, 0.15) is 24.2 Å². The van der Waals surface area contributed by atoms with E-state index in [-0.39, 0.29) is 42.1 Å². The van der Waals surface area contributed by atoms with Crippen molar-refractivity contribution < 1.29 is 33.6 Å². The van der Waals surface area contributed by atoms with Crippen molar-refractivity contribution in [3.05, 3.63) is 64.2 Å². The number of non-ortho nitro benzene ring substituents is 1. The molecule has 2 atom stereocenters. The minimum atomic E-state index is -0.976. The van der Waals surface area contributed by atoms with Gasteiger partial charge in [-0.15, -0.1) is 0 Å². The number of benzene rings is 2. The minimum Gasteiger partial charge on any atom is -0.429 e. The first kappa shape index (κ1) is 29.7. The van der Waals surface area contributed by atoms with Gasteiger partial charge in [0.25, 0.3) is 5.69 Å². The normalized spacial score (nSPS) is 12.2. The number of nitrogens with one attached hydrogen (secondary N) is 2. The highest BCUT2D eigenvalue weighted by Crippen LogP contribution is 2.19. The van der Waals surface area contributed by atoms with Crippen LogP contribution in [0.2, 0.25) is 0 Å². The van der Waals surface area contributed by atoms with Gasteiger partial charge in [-0.25, -0.2) is 4.79 Å². The van der Waals surface area contributed by atoms with E-state index < -0.39 is 28.9 Å². The van der Waals surface area contributed by atoms with Crippen LogP contribution >= 0.6 is 22.6 Å². The fourth-order valence-corrected chi connectivity index (χ4v) is 3.47. The first-order valence-corrected chi connectivity index (χ1v) is 12.9. The number of Topliss-reactive ketones (excluding diaryl/α,β-unsaturated/α-hetero) is 1. The minimum absolute atomic E-state index is 0.0183. The third kappa shape index (κ3) is 9.79. The number of hydrogen-bond acceptors (Lipinski definition) is 8. The molecule has 0 aliphatic rings. The smallest absolute Gasteiger partial charge is 0.429 e. The fourth-order valence-electron chi connectivity index (χ4n) is 3.16. The predicted octanol–water partition coefficient (Wildman–Crippen LogP) is 4.42. The van der Waals surface area contributed by atoms with Gasteiger partial charge in [-0.1, -0.05) is 48.6 Å². The van der Waals surface area contributed by atoms with Crippen LogP contribution < -0.4 is 15.4 Å². The lowest BCUT2D eigenvalue weighted by Gasteiger charge is -2.22. The van der Waals surface area contributed by atoms with E-state index in [1.54, 1.807) is 31.2 Å². The lowest BCUT2D eigenvalue weighted by atomic mass is 9.90. The second-order valence-corrected chi connectivity index (χ2v) is 9.30. The molecule has 0 radical (unpaired) electrons. The second kappa shape index (κ2) is 14.3. The van der Waals surface area contributed by atoms with Crippen molar-refractivity contribution in [1.29, 1.82) is 0 Å². The first-order valence-electron chi connectivity index (χ1n) is 11.4. The molecule has 198 valence electrons. The van der Waals surface area contributed by atoms with Crippen molar-refractivity contribution in [2.45, 2.75) is 39.8 Å². The van der Waals surface area contributed by atoms with E-state index in [1.807, 2.05) is 36.4 Å². The molecule has 0 aromatic heterocycles. The van der Waals surface area contributed by atoms with Crippen LogP contribution in [0.25, 0.3) is 0 Å². The molecule has 2 N–H and O–H groups in total. The van der Waals surface area contributed by atoms with Gasteiger partial charge in [-0.05, 0) is 42.7 Å². The molecule has 0 aliphatic carbocycles. The van der Waals surface area contributed by atoms with Gasteiger partial charge in [-0.2, -0.15) is 0 Å². The molecule has 37 heavy (non-hydrogen) atoms. The number of ketones is 1. The molecule has 0 fully saturated rings. The first-order chi connectivity index (χ1) is 17.5. The number of nitro groups is 1. The zero-order valence-corrected chi connectivity index (χ0v) is 22.7. The van der Waals surface area contributed by atoms with Crippen LogP contribution in [0.5, 0.6) is 5.75 Å². The van der Waals surface area contributed by atoms with Crippen molar-refractivity contribution in [1.82, 2.24) is 5.32 Å². The van der Waals surface area contributed by atoms with Crippen LogP contribution in [-0.2, 0) is 25.7 Å². The molecule has 2 amide bonds. The molecule has 0 saturated heterocycles. The molecule has 2 aromatic rings. The highest BCUT2D eigenvalue weighted by atomic mass is 127. The van der Waals surface area contributed by atoms with Crippen molar-refractivity contribution >= 4 is 57.7 Å². The van der Waals surface area contributed by atoms with Gasteiger partial charge in [-0.3, -0.25) is 24.5 Å². The predicted molar refractivity (Wildman–Crippen MR) is 143 cm³/mol. The summed E-state index contributed by atoms with van der Waals surface area (Å²) >= 11 is 1.96. The van der Waals surface area contributed by atoms with Crippen molar-refractivity contribution in [2.24, 2.45) is 11.8 Å². The van der Waals surface area contributed by atoms with Crippen LogP contribution in [0, 0.1) is 22.0 Å². The molecular formula is C25H28IN3O8. The van der Waals surface area contributed by atoms with E-state index in [0.29, 0.717) is 15.7 Å². The van der Waals surface area contributed by atoms with Gasteiger partial charge < -0.3 is 20.1 Å². The number of rotatable bonds is 12. The summed E-state index contributed by atoms with van der Waals surface area (Å²) in [5.41, 5.74) is 0.969. The number of carbonyl (C=O) groups is 4. The lowest BCUT2D eigenvalue weighted by molar-refractivity contribution is -0.384. The van der Waals surface area contributed by atoms with Crippen LogP contribution in [0.15, 0.2) is 48.5 Å². The van der Waals surface area contributed by atoms with E-state index >= 15 is 0 Å². The average molecular weight is 625 g/mol. The summed E-state index contributed by atoms with van der Waals surface area (Å²) in [6.45, 7) is 5.18. The molecular weight excluding hydrogens is 597 g/mol. The number of alkyl halides is 1. The summed E-state index contributed by atoms with van der Waals surface area (Å²) in [7, 11) is 0. The standard InChI is InChI=1S/C25H28IN3O8/c1-15(2)22(12-20(30)13-26)24(32)27-16(3)23(31)28-18-6-4-17(5-7-18)14-36-25(33)37-21-10-8-19(9-11-21)29(34)35/h4-11,15-16,22H,12-14H2,1-3H3,(H,27,32)(H,28,31)/t16-,22-/m0/s1. The van der Waals surface area contributed by atoms with E-state index in [9.17, 15) is 29.3 Å². The number of nitro benzene ring substituents is 1. The molecule has 0 heterocycles. The Morgan fingerprint density at radius 1 is 0.973 bits per heavy atom. The number of ether oxygens (including phenoxy) is 2. The molecule has 0 spiro atoms. The fraction of sp³-hybridized carbons (Fsp3) is 0.360.